The Morgan fingerprint density at radius 1 is 1.25 bits per heavy atom. The van der Waals surface area contributed by atoms with Gasteiger partial charge in [0.15, 0.2) is 0 Å². The van der Waals surface area contributed by atoms with Crippen molar-refractivity contribution in [3.05, 3.63) is 0 Å². The molecule has 0 radical (unpaired) electrons. The van der Waals surface area contributed by atoms with E-state index in [1.807, 2.05) is 0 Å². The fourth-order valence-corrected chi connectivity index (χ4v) is 7.61. The van der Waals surface area contributed by atoms with Crippen LogP contribution in [0.25, 0.3) is 0 Å². The quantitative estimate of drug-likeness (QED) is 0.260. The second-order valence-corrected chi connectivity index (χ2v) is 12.9. The molecule has 1 unspecified atom stereocenters. The van der Waals surface area contributed by atoms with E-state index in [-0.39, 0.29) is 0 Å². The molecule has 1 aliphatic rings. The molecule has 0 bridgehead atoms. The molecule has 0 aromatic heterocycles. The third-order valence-electron chi connectivity index (χ3n) is 1.92. The second kappa shape index (κ2) is 8.06. The molecule has 0 N–H and O–H groups in total. The van der Waals surface area contributed by atoms with E-state index < -0.39 is 18.3 Å². The molecule has 1 fully saturated rings. The molecule has 0 aromatic rings. The van der Waals surface area contributed by atoms with E-state index in [9.17, 15) is 0 Å². The van der Waals surface area contributed by atoms with Crippen LogP contribution in [0.1, 0.15) is 6.42 Å². The van der Waals surface area contributed by atoms with Crippen molar-refractivity contribution < 1.29 is 37.0 Å². The molecular weight excluding hydrogens is 347 g/mol. The van der Waals surface area contributed by atoms with E-state index in [0.717, 1.165) is 32.0 Å². The minimum absolute atomic E-state index is 0.348. The Kier molecular flexibility index (Phi) is 7.53. The second-order valence-electron chi connectivity index (χ2n) is 3.04. The summed E-state index contributed by atoms with van der Waals surface area (Å²) in [5, 5.41) is 0. The third-order valence-corrected chi connectivity index (χ3v) is 12.0. The molecule has 1 aliphatic heterocycles. The molecule has 0 aromatic carbocycles. The van der Waals surface area contributed by atoms with E-state index in [4.69, 9.17) is 18.7 Å². The van der Waals surface area contributed by atoms with Crippen LogP contribution in [0.15, 0.2) is 0 Å². The van der Waals surface area contributed by atoms with Crippen LogP contribution in [-0.4, -0.2) is 53.0 Å². The standard InChI is InChI=1S/C9H20IO5S/c1-11-10(12-2,13-3)16-6-4-5-14-7-9-8-15-9/h9H,4-8H2,1-3H3/q-1. The molecule has 16 heavy (non-hydrogen) atoms. The molecule has 7 heteroatoms. The molecule has 0 saturated carbocycles. The Balaban J connectivity index is 1.98. The predicted octanol–water partition coefficient (Wildman–Crippen LogP) is -1.72. The first-order chi connectivity index (χ1) is 7.76. The van der Waals surface area contributed by atoms with Gasteiger partial charge in [-0.2, -0.15) is 0 Å². The summed E-state index contributed by atoms with van der Waals surface area (Å²) in [6.07, 6.45) is 1.32. The number of hydrogen-bond donors (Lipinski definition) is 0. The Hall–Kier alpha value is 0.880. The van der Waals surface area contributed by atoms with Crippen LogP contribution in [0.2, 0.25) is 0 Å². The molecular formula is C9H20IO5S-. The molecule has 0 spiro atoms. The summed E-state index contributed by atoms with van der Waals surface area (Å²) >= 11 is -2.88. The van der Waals surface area contributed by atoms with Crippen LogP contribution >= 0.6 is 8.93 Å². The first-order valence-electron chi connectivity index (χ1n) is 5.05. The predicted molar refractivity (Wildman–Crippen MR) is 58.7 cm³/mol. The zero-order valence-electron chi connectivity index (χ0n) is 9.94. The van der Waals surface area contributed by atoms with Crippen molar-refractivity contribution in [3.63, 3.8) is 0 Å². The van der Waals surface area contributed by atoms with E-state index in [1.165, 1.54) is 0 Å². The molecule has 1 rings (SSSR count). The van der Waals surface area contributed by atoms with Crippen LogP contribution < -0.4 is 18.3 Å². The van der Waals surface area contributed by atoms with Crippen molar-refractivity contribution in [1.29, 1.82) is 0 Å². The zero-order chi connectivity index (χ0) is 11.9. The van der Waals surface area contributed by atoms with Gasteiger partial charge in [0.05, 0.1) is 0 Å². The van der Waals surface area contributed by atoms with Crippen LogP contribution in [0.4, 0.5) is 0 Å². The Morgan fingerprint density at radius 3 is 2.38 bits per heavy atom. The van der Waals surface area contributed by atoms with Crippen LogP contribution in [0.3, 0.4) is 0 Å². The van der Waals surface area contributed by atoms with Gasteiger partial charge in [-0.15, -0.1) is 0 Å². The van der Waals surface area contributed by atoms with Crippen molar-refractivity contribution in [1.82, 2.24) is 0 Å². The minimum atomic E-state index is -2.88. The molecule has 1 heterocycles. The summed E-state index contributed by atoms with van der Waals surface area (Å²) in [6.45, 7) is 2.32. The monoisotopic (exact) mass is 367 g/mol. The van der Waals surface area contributed by atoms with Gasteiger partial charge < -0.3 is 0 Å². The first-order valence-corrected chi connectivity index (χ1v) is 11.2. The van der Waals surface area contributed by atoms with Gasteiger partial charge in [-0.25, -0.2) is 0 Å². The van der Waals surface area contributed by atoms with Crippen LogP contribution in [0.5, 0.6) is 0 Å². The van der Waals surface area contributed by atoms with Crippen LogP contribution in [-0.2, 0) is 18.7 Å². The van der Waals surface area contributed by atoms with Gasteiger partial charge in [-0.05, 0) is 0 Å². The van der Waals surface area contributed by atoms with Crippen molar-refractivity contribution in [2.45, 2.75) is 12.5 Å². The Bertz CT molecular complexity index is 178. The van der Waals surface area contributed by atoms with Gasteiger partial charge in [-0.1, -0.05) is 0 Å². The normalized spacial score (nSPS) is 21.1. The first kappa shape index (κ1) is 14.9. The van der Waals surface area contributed by atoms with Crippen molar-refractivity contribution in [2.24, 2.45) is 0 Å². The average molecular weight is 367 g/mol. The molecule has 5 nitrogen and oxygen atoms in total. The van der Waals surface area contributed by atoms with Gasteiger partial charge in [0.1, 0.15) is 0 Å². The summed E-state index contributed by atoms with van der Waals surface area (Å²) in [6, 6.07) is 0. The SMILES string of the molecule is CO[I-](OC)(OC)SCCCOCC1CO1. The Labute approximate surface area is 105 Å². The molecule has 100 valence electrons. The number of epoxide rings is 1. The molecule has 0 amide bonds. The number of hydrogen-bond acceptors (Lipinski definition) is 6. The summed E-state index contributed by atoms with van der Waals surface area (Å²) in [7, 11) is 6.55. The van der Waals surface area contributed by atoms with Gasteiger partial charge in [-0.3, -0.25) is 0 Å². The number of rotatable bonds is 10. The summed E-state index contributed by atoms with van der Waals surface area (Å²) in [4.78, 5) is 0. The van der Waals surface area contributed by atoms with Crippen molar-refractivity contribution >= 4 is 8.93 Å². The van der Waals surface area contributed by atoms with E-state index in [2.05, 4.69) is 0 Å². The Morgan fingerprint density at radius 2 is 1.88 bits per heavy atom. The fourth-order valence-electron chi connectivity index (χ4n) is 1.01. The summed E-state index contributed by atoms with van der Waals surface area (Å²) in [5.74, 6) is 0.928. The van der Waals surface area contributed by atoms with E-state index >= 15 is 0 Å². The van der Waals surface area contributed by atoms with Crippen LogP contribution in [0, 0.1) is 0 Å². The van der Waals surface area contributed by atoms with E-state index in [1.54, 1.807) is 30.3 Å². The van der Waals surface area contributed by atoms with Gasteiger partial charge in [0.2, 0.25) is 0 Å². The van der Waals surface area contributed by atoms with Gasteiger partial charge in [0.25, 0.3) is 0 Å². The zero-order valence-corrected chi connectivity index (χ0v) is 12.9. The number of halogens is 1. The number of ether oxygens (including phenoxy) is 2. The molecule has 1 atom stereocenters. The summed E-state index contributed by atoms with van der Waals surface area (Å²) < 4.78 is 26.5. The summed E-state index contributed by atoms with van der Waals surface area (Å²) in [5.41, 5.74) is 0. The van der Waals surface area contributed by atoms with Crippen molar-refractivity contribution in [2.75, 3.05) is 46.9 Å². The molecule has 0 aliphatic carbocycles. The van der Waals surface area contributed by atoms with Crippen molar-refractivity contribution in [3.8, 4) is 0 Å². The fraction of sp³-hybridized carbons (Fsp3) is 1.00. The average Bonchev–Trinajstić information content (AvgIpc) is 3.13. The van der Waals surface area contributed by atoms with Gasteiger partial charge in [0, 0.05) is 0 Å². The maximum absolute atomic E-state index is 5.43. The van der Waals surface area contributed by atoms with Gasteiger partial charge >= 0.3 is 105 Å². The maximum atomic E-state index is 5.43. The third kappa shape index (κ3) is 5.48. The topological polar surface area (TPSA) is 49.5 Å². The molecule has 1 saturated heterocycles. The van der Waals surface area contributed by atoms with E-state index in [0.29, 0.717) is 6.10 Å².